The molecular formula is C14H20O4. The summed E-state index contributed by atoms with van der Waals surface area (Å²) in [5.41, 5.74) is 0.799. The summed E-state index contributed by atoms with van der Waals surface area (Å²) in [6, 6.07) is 9.33. The van der Waals surface area contributed by atoms with Crippen molar-refractivity contribution in [2.75, 3.05) is 26.4 Å². The molecule has 0 heterocycles. The number of hydrogen-bond acceptors (Lipinski definition) is 4. The highest BCUT2D eigenvalue weighted by Crippen LogP contribution is 2.18. The minimum Gasteiger partial charge on any atom is -0.464 e. The second-order valence-corrected chi connectivity index (χ2v) is 3.61. The van der Waals surface area contributed by atoms with Gasteiger partial charge in [-0.1, -0.05) is 30.3 Å². The van der Waals surface area contributed by atoms with Crippen LogP contribution >= 0.6 is 0 Å². The third-order valence-electron chi connectivity index (χ3n) is 2.32. The maximum Gasteiger partial charge on any atom is 0.339 e. The Morgan fingerprint density at radius 1 is 1.11 bits per heavy atom. The summed E-state index contributed by atoms with van der Waals surface area (Å²) in [6.07, 6.45) is -0.674. The lowest BCUT2D eigenvalue weighted by molar-refractivity contribution is -0.158. The number of esters is 1. The molecule has 1 atom stereocenters. The molecule has 4 nitrogen and oxygen atoms in total. The van der Waals surface area contributed by atoms with Crippen molar-refractivity contribution in [2.24, 2.45) is 0 Å². The molecule has 0 aromatic heterocycles. The van der Waals surface area contributed by atoms with E-state index in [9.17, 15) is 4.79 Å². The molecule has 1 unspecified atom stereocenters. The molecule has 1 aromatic carbocycles. The molecule has 18 heavy (non-hydrogen) atoms. The van der Waals surface area contributed by atoms with Crippen molar-refractivity contribution in [1.82, 2.24) is 0 Å². The van der Waals surface area contributed by atoms with Crippen LogP contribution in [0.2, 0.25) is 0 Å². The van der Waals surface area contributed by atoms with Crippen molar-refractivity contribution in [3.8, 4) is 0 Å². The van der Waals surface area contributed by atoms with Crippen LogP contribution in [0.25, 0.3) is 0 Å². The van der Waals surface area contributed by atoms with E-state index in [2.05, 4.69) is 0 Å². The highest BCUT2D eigenvalue weighted by atomic mass is 16.6. The van der Waals surface area contributed by atoms with Gasteiger partial charge in [0.05, 0.1) is 19.8 Å². The molecule has 100 valence electrons. The van der Waals surface area contributed by atoms with Crippen LogP contribution in [0.3, 0.4) is 0 Å². The van der Waals surface area contributed by atoms with Crippen LogP contribution in [0.4, 0.5) is 0 Å². The van der Waals surface area contributed by atoms with E-state index in [4.69, 9.17) is 14.2 Å². The van der Waals surface area contributed by atoms with Crippen molar-refractivity contribution < 1.29 is 19.0 Å². The third kappa shape index (κ3) is 4.85. The predicted molar refractivity (Wildman–Crippen MR) is 68.3 cm³/mol. The lowest BCUT2D eigenvalue weighted by Crippen LogP contribution is -2.20. The lowest BCUT2D eigenvalue weighted by atomic mass is 10.1. The molecule has 0 aliphatic rings. The molecule has 4 heteroatoms. The molecular weight excluding hydrogens is 232 g/mol. The molecule has 1 rings (SSSR count). The van der Waals surface area contributed by atoms with Gasteiger partial charge in [0, 0.05) is 6.61 Å². The molecule has 0 radical (unpaired) electrons. The Labute approximate surface area is 108 Å². The Hall–Kier alpha value is -1.39. The van der Waals surface area contributed by atoms with Gasteiger partial charge in [-0.15, -0.1) is 0 Å². The van der Waals surface area contributed by atoms with Gasteiger partial charge >= 0.3 is 5.97 Å². The average molecular weight is 252 g/mol. The Balaban J connectivity index is 2.61. The summed E-state index contributed by atoms with van der Waals surface area (Å²) in [5, 5.41) is 0. The molecule has 0 spiro atoms. The summed E-state index contributed by atoms with van der Waals surface area (Å²) in [4.78, 5) is 11.8. The Bertz CT molecular complexity index is 337. The Morgan fingerprint density at radius 3 is 2.44 bits per heavy atom. The molecule has 0 aliphatic heterocycles. The number of rotatable bonds is 8. The van der Waals surface area contributed by atoms with Gasteiger partial charge in [0.2, 0.25) is 0 Å². The average Bonchev–Trinajstić information content (AvgIpc) is 2.40. The van der Waals surface area contributed by atoms with Crippen LogP contribution in [0.5, 0.6) is 0 Å². The summed E-state index contributed by atoms with van der Waals surface area (Å²) < 4.78 is 15.7. The summed E-state index contributed by atoms with van der Waals surface area (Å²) in [5.74, 6) is -0.361. The normalized spacial score (nSPS) is 12.1. The highest BCUT2D eigenvalue weighted by Gasteiger charge is 2.22. The van der Waals surface area contributed by atoms with E-state index in [-0.39, 0.29) is 5.97 Å². The number of benzene rings is 1. The number of carbonyl (C=O) groups is 1. The van der Waals surface area contributed by atoms with Crippen LogP contribution in [-0.2, 0) is 19.0 Å². The van der Waals surface area contributed by atoms with E-state index < -0.39 is 6.10 Å². The minimum atomic E-state index is -0.674. The van der Waals surface area contributed by atoms with Crippen molar-refractivity contribution in [2.45, 2.75) is 20.0 Å². The van der Waals surface area contributed by atoms with Crippen molar-refractivity contribution in [3.63, 3.8) is 0 Å². The minimum absolute atomic E-state index is 0.344. The standard InChI is InChI=1S/C14H20O4/c1-3-16-10-11-18-13(14(15)17-4-2)12-8-6-5-7-9-12/h5-9,13H,3-4,10-11H2,1-2H3. The van der Waals surface area contributed by atoms with Gasteiger partial charge in [-0.25, -0.2) is 4.79 Å². The molecule has 1 aromatic rings. The lowest BCUT2D eigenvalue weighted by Gasteiger charge is -2.16. The topological polar surface area (TPSA) is 44.8 Å². The summed E-state index contributed by atoms with van der Waals surface area (Å²) >= 11 is 0. The van der Waals surface area contributed by atoms with Crippen molar-refractivity contribution in [3.05, 3.63) is 35.9 Å². The van der Waals surface area contributed by atoms with Crippen LogP contribution in [0, 0.1) is 0 Å². The van der Waals surface area contributed by atoms with Gasteiger partial charge in [-0.3, -0.25) is 0 Å². The first-order valence-electron chi connectivity index (χ1n) is 6.20. The van der Waals surface area contributed by atoms with E-state index in [1.54, 1.807) is 6.92 Å². The van der Waals surface area contributed by atoms with E-state index in [1.807, 2.05) is 37.3 Å². The van der Waals surface area contributed by atoms with Gasteiger partial charge in [-0.2, -0.15) is 0 Å². The van der Waals surface area contributed by atoms with E-state index in [0.29, 0.717) is 26.4 Å². The number of ether oxygens (including phenoxy) is 3. The van der Waals surface area contributed by atoms with E-state index in [0.717, 1.165) is 5.56 Å². The largest absolute Gasteiger partial charge is 0.464 e. The number of carbonyl (C=O) groups excluding carboxylic acids is 1. The maximum atomic E-state index is 11.8. The smallest absolute Gasteiger partial charge is 0.339 e. The fraction of sp³-hybridized carbons (Fsp3) is 0.500. The van der Waals surface area contributed by atoms with Crippen molar-refractivity contribution >= 4 is 5.97 Å². The molecule has 0 aliphatic carbocycles. The SMILES string of the molecule is CCOCCOC(C(=O)OCC)c1ccccc1. The van der Waals surface area contributed by atoms with Gasteiger partial charge in [0.15, 0.2) is 6.10 Å². The maximum absolute atomic E-state index is 11.8. The van der Waals surface area contributed by atoms with E-state index >= 15 is 0 Å². The number of hydrogen-bond donors (Lipinski definition) is 0. The first-order valence-corrected chi connectivity index (χ1v) is 6.20. The third-order valence-corrected chi connectivity index (χ3v) is 2.32. The monoisotopic (exact) mass is 252 g/mol. The van der Waals surface area contributed by atoms with Gasteiger partial charge < -0.3 is 14.2 Å². The van der Waals surface area contributed by atoms with Crippen LogP contribution < -0.4 is 0 Å². The molecule has 0 saturated carbocycles. The quantitative estimate of drug-likeness (QED) is 0.526. The Kier molecular flexibility index (Phi) is 7.06. The van der Waals surface area contributed by atoms with Crippen LogP contribution in [-0.4, -0.2) is 32.4 Å². The fourth-order valence-electron chi connectivity index (χ4n) is 1.52. The second-order valence-electron chi connectivity index (χ2n) is 3.61. The zero-order valence-electron chi connectivity index (χ0n) is 10.9. The van der Waals surface area contributed by atoms with Crippen LogP contribution in [0.15, 0.2) is 30.3 Å². The predicted octanol–water partition coefficient (Wildman–Crippen LogP) is 2.34. The highest BCUT2D eigenvalue weighted by molar-refractivity contribution is 5.76. The molecule has 0 N–H and O–H groups in total. The zero-order chi connectivity index (χ0) is 13.2. The van der Waals surface area contributed by atoms with Gasteiger partial charge in [0.25, 0.3) is 0 Å². The molecule has 0 bridgehead atoms. The van der Waals surface area contributed by atoms with Gasteiger partial charge in [-0.05, 0) is 19.4 Å². The summed E-state index contributed by atoms with van der Waals surface area (Å²) in [7, 11) is 0. The van der Waals surface area contributed by atoms with E-state index in [1.165, 1.54) is 0 Å². The second kappa shape index (κ2) is 8.66. The molecule has 0 saturated heterocycles. The zero-order valence-corrected chi connectivity index (χ0v) is 10.9. The fourth-order valence-corrected chi connectivity index (χ4v) is 1.52. The Morgan fingerprint density at radius 2 is 1.83 bits per heavy atom. The van der Waals surface area contributed by atoms with Crippen molar-refractivity contribution in [1.29, 1.82) is 0 Å². The first-order chi connectivity index (χ1) is 8.79. The van der Waals surface area contributed by atoms with Crippen LogP contribution in [0.1, 0.15) is 25.5 Å². The van der Waals surface area contributed by atoms with Gasteiger partial charge in [0.1, 0.15) is 0 Å². The molecule has 0 fully saturated rings. The molecule has 0 amide bonds. The first kappa shape index (κ1) is 14.7. The summed E-state index contributed by atoms with van der Waals surface area (Å²) in [6.45, 7) is 5.52.